The van der Waals surface area contributed by atoms with Crippen LogP contribution in [0.3, 0.4) is 0 Å². The summed E-state index contributed by atoms with van der Waals surface area (Å²) in [4.78, 5) is 4.54. The summed E-state index contributed by atoms with van der Waals surface area (Å²) in [6.45, 7) is 10.8. The molecule has 0 saturated carbocycles. The van der Waals surface area contributed by atoms with E-state index in [4.69, 9.17) is 4.52 Å². The minimum absolute atomic E-state index is 0.0592. The maximum Gasteiger partial charge on any atom is 0.232 e. The van der Waals surface area contributed by atoms with Crippen LogP contribution in [0.4, 0.5) is 0 Å². The Labute approximate surface area is 98.6 Å². The molecule has 0 aromatic carbocycles. The third-order valence-corrected chi connectivity index (χ3v) is 3.08. The van der Waals surface area contributed by atoms with E-state index in [9.17, 15) is 0 Å². The lowest BCUT2D eigenvalue weighted by molar-refractivity contribution is 0.262. The van der Waals surface area contributed by atoms with Crippen LogP contribution in [0, 0.1) is 0 Å². The molecule has 3 nitrogen and oxygen atoms in total. The summed E-state index contributed by atoms with van der Waals surface area (Å²) in [5.41, 5.74) is 0.0592. The standard InChI is InChI=1S/C13H24N2O/c1-6-8-13(5,9-7-2)12-14-11(10(3)4)15-16-12/h10H,6-9H2,1-5H3. The lowest BCUT2D eigenvalue weighted by atomic mass is 9.81. The van der Waals surface area contributed by atoms with Crippen LogP contribution in [-0.2, 0) is 5.41 Å². The molecule has 1 heterocycles. The van der Waals surface area contributed by atoms with E-state index in [1.165, 1.54) is 0 Å². The van der Waals surface area contributed by atoms with Crippen molar-refractivity contribution < 1.29 is 4.52 Å². The van der Waals surface area contributed by atoms with Crippen molar-refractivity contribution in [2.24, 2.45) is 0 Å². The van der Waals surface area contributed by atoms with Gasteiger partial charge in [-0.1, -0.05) is 52.6 Å². The van der Waals surface area contributed by atoms with Gasteiger partial charge in [0, 0.05) is 11.3 Å². The molecular formula is C13H24N2O. The SMILES string of the molecule is CCCC(C)(CCC)c1nc(C(C)C)no1. The van der Waals surface area contributed by atoms with Crippen LogP contribution in [0.2, 0.25) is 0 Å². The number of rotatable bonds is 6. The van der Waals surface area contributed by atoms with Gasteiger partial charge in [0.15, 0.2) is 5.82 Å². The summed E-state index contributed by atoms with van der Waals surface area (Å²) in [6.07, 6.45) is 4.52. The van der Waals surface area contributed by atoms with Crippen LogP contribution >= 0.6 is 0 Å². The van der Waals surface area contributed by atoms with Gasteiger partial charge in [0.2, 0.25) is 5.89 Å². The van der Waals surface area contributed by atoms with Crippen molar-refractivity contribution in [2.75, 3.05) is 0 Å². The highest BCUT2D eigenvalue weighted by Gasteiger charge is 2.31. The molecule has 0 aliphatic rings. The molecular weight excluding hydrogens is 200 g/mol. The maximum atomic E-state index is 5.44. The lowest BCUT2D eigenvalue weighted by Crippen LogP contribution is -2.22. The topological polar surface area (TPSA) is 38.9 Å². The Kier molecular flexibility index (Phi) is 4.51. The molecule has 0 amide bonds. The van der Waals surface area contributed by atoms with Gasteiger partial charge in [-0.3, -0.25) is 0 Å². The Hall–Kier alpha value is -0.860. The number of aromatic nitrogens is 2. The Morgan fingerprint density at radius 2 is 1.75 bits per heavy atom. The van der Waals surface area contributed by atoms with Crippen LogP contribution in [0.1, 0.15) is 77.9 Å². The third kappa shape index (κ3) is 2.83. The first-order valence-electron chi connectivity index (χ1n) is 6.37. The molecule has 1 aromatic rings. The Morgan fingerprint density at radius 1 is 1.19 bits per heavy atom. The average Bonchev–Trinajstić information content (AvgIpc) is 2.67. The van der Waals surface area contributed by atoms with Gasteiger partial charge >= 0.3 is 0 Å². The zero-order valence-electron chi connectivity index (χ0n) is 11.2. The van der Waals surface area contributed by atoms with E-state index in [1.807, 2.05) is 0 Å². The van der Waals surface area contributed by atoms with E-state index in [2.05, 4.69) is 44.8 Å². The quantitative estimate of drug-likeness (QED) is 0.731. The molecule has 0 radical (unpaired) electrons. The zero-order chi connectivity index (χ0) is 12.2. The maximum absolute atomic E-state index is 5.44. The molecule has 3 heteroatoms. The van der Waals surface area contributed by atoms with Crippen molar-refractivity contribution in [2.45, 2.75) is 71.6 Å². The van der Waals surface area contributed by atoms with Crippen LogP contribution in [0.5, 0.6) is 0 Å². The molecule has 1 aromatic heterocycles. The summed E-state index contributed by atoms with van der Waals surface area (Å²) >= 11 is 0. The van der Waals surface area contributed by atoms with Gasteiger partial charge < -0.3 is 4.52 Å². The fraction of sp³-hybridized carbons (Fsp3) is 0.846. The summed E-state index contributed by atoms with van der Waals surface area (Å²) < 4.78 is 5.44. The van der Waals surface area contributed by atoms with E-state index in [0.717, 1.165) is 37.4 Å². The predicted molar refractivity (Wildman–Crippen MR) is 65.6 cm³/mol. The van der Waals surface area contributed by atoms with Gasteiger partial charge in [-0.25, -0.2) is 0 Å². The van der Waals surface area contributed by atoms with Crippen molar-refractivity contribution in [3.8, 4) is 0 Å². The molecule has 0 atom stereocenters. The highest BCUT2D eigenvalue weighted by molar-refractivity contribution is 5.04. The summed E-state index contributed by atoms with van der Waals surface area (Å²) in [7, 11) is 0. The monoisotopic (exact) mass is 224 g/mol. The lowest BCUT2D eigenvalue weighted by Gasteiger charge is -2.24. The van der Waals surface area contributed by atoms with Crippen LogP contribution in [0.15, 0.2) is 4.52 Å². The molecule has 0 fully saturated rings. The van der Waals surface area contributed by atoms with Gasteiger partial charge in [-0.2, -0.15) is 4.98 Å². The highest BCUT2D eigenvalue weighted by atomic mass is 16.5. The molecule has 0 spiro atoms. The number of hydrogen-bond acceptors (Lipinski definition) is 3. The minimum Gasteiger partial charge on any atom is -0.339 e. The molecule has 92 valence electrons. The molecule has 0 unspecified atom stereocenters. The largest absolute Gasteiger partial charge is 0.339 e. The van der Waals surface area contributed by atoms with Crippen molar-refractivity contribution >= 4 is 0 Å². The van der Waals surface area contributed by atoms with Crippen molar-refractivity contribution in [3.05, 3.63) is 11.7 Å². The van der Waals surface area contributed by atoms with E-state index in [-0.39, 0.29) is 5.41 Å². The van der Waals surface area contributed by atoms with Crippen molar-refractivity contribution in [3.63, 3.8) is 0 Å². The average molecular weight is 224 g/mol. The molecule has 0 saturated heterocycles. The molecule has 0 aliphatic carbocycles. The van der Waals surface area contributed by atoms with Crippen LogP contribution < -0.4 is 0 Å². The van der Waals surface area contributed by atoms with Gasteiger partial charge in [-0.15, -0.1) is 0 Å². The number of nitrogens with zero attached hydrogens (tertiary/aromatic N) is 2. The summed E-state index contributed by atoms with van der Waals surface area (Å²) in [5.74, 6) is 1.98. The summed E-state index contributed by atoms with van der Waals surface area (Å²) in [5, 5.41) is 4.06. The van der Waals surface area contributed by atoms with Gasteiger partial charge in [0.1, 0.15) is 0 Å². The molecule has 1 rings (SSSR count). The zero-order valence-corrected chi connectivity index (χ0v) is 11.2. The first-order valence-corrected chi connectivity index (χ1v) is 6.37. The molecule has 0 aliphatic heterocycles. The fourth-order valence-corrected chi connectivity index (χ4v) is 2.16. The van der Waals surface area contributed by atoms with E-state index in [0.29, 0.717) is 5.92 Å². The fourth-order valence-electron chi connectivity index (χ4n) is 2.16. The smallest absolute Gasteiger partial charge is 0.232 e. The molecule has 0 bridgehead atoms. The van der Waals surface area contributed by atoms with Gasteiger partial charge in [-0.05, 0) is 12.8 Å². The Balaban J connectivity index is 2.92. The van der Waals surface area contributed by atoms with E-state index < -0.39 is 0 Å². The second-order valence-corrected chi connectivity index (χ2v) is 5.17. The van der Waals surface area contributed by atoms with E-state index in [1.54, 1.807) is 0 Å². The van der Waals surface area contributed by atoms with E-state index >= 15 is 0 Å². The van der Waals surface area contributed by atoms with Crippen LogP contribution in [0.25, 0.3) is 0 Å². The van der Waals surface area contributed by atoms with Crippen LogP contribution in [-0.4, -0.2) is 10.1 Å². The second-order valence-electron chi connectivity index (χ2n) is 5.17. The normalized spacial score (nSPS) is 12.4. The first-order chi connectivity index (χ1) is 7.53. The van der Waals surface area contributed by atoms with Gasteiger partial charge in [0.05, 0.1) is 0 Å². The second kappa shape index (κ2) is 5.46. The Bertz CT molecular complexity index is 311. The first kappa shape index (κ1) is 13.2. The predicted octanol–water partition coefficient (Wildman–Crippen LogP) is 4.05. The Morgan fingerprint density at radius 3 is 2.12 bits per heavy atom. The van der Waals surface area contributed by atoms with Gasteiger partial charge in [0.25, 0.3) is 0 Å². The minimum atomic E-state index is 0.0592. The third-order valence-electron chi connectivity index (χ3n) is 3.08. The van der Waals surface area contributed by atoms with Crippen molar-refractivity contribution in [1.29, 1.82) is 0 Å². The summed E-state index contributed by atoms with van der Waals surface area (Å²) in [6, 6.07) is 0. The molecule has 16 heavy (non-hydrogen) atoms. The number of hydrogen-bond donors (Lipinski definition) is 0. The van der Waals surface area contributed by atoms with Crippen molar-refractivity contribution in [1.82, 2.24) is 10.1 Å². The highest BCUT2D eigenvalue weighted by Crippen LogP contribution is 2.33. The molecule has 0 N–H and O–H groups in total.